The third-order valence-corrected chi connectivity index (χ3v) is 2.84. The molecule has 2 unspecified atom stereocenters. The number of aliphatic hydroxyl groups is 1. The Hall–Kier alpha value is -0.360. The number of carbonyl (C=O) groups excluding carboxylic acids is 1. The van der Waals surface area contributed by atoms with Gasteiger partial charge < -0.3 is 20.5 Å². The van der Waals surface area contributed by atoms with Gasteiger partial charge in [-0.05, 0) is 19.3 Å². The van der Waals surface area contributed by atoms with Gasteiger partial charge in [0.05, 0.1) is 18.8 Å². The lowest BCUT2D eigenvalue weighted by Crippen LogP contribution is -2.40. The van der Waals surface area contributed by atoms with E-state index < -0.39 is 6.10 Å². The smallest absolute Gasteiger partial charge is 0.234 e. The second-order valence-electron chi connectivity index (χ2n) is 4.51. The van der Waals surface area contributed by atoms with Crippen LogP contribution in [0.1, 0.15) is 32.6 Å². The van der Waals surface area contributed by atoms with Gasteiger partial charge in [0.1, 0.15) is 0 Å². The lowest BCUT2D eigenvalue weighted by atomic mass is 10.2. The van der Waals surface area contributed by atoms with E-state index in [0.29, 0.717) is 13.1 Å². The highest BCUT2D eigenvalue weighted by molar-refractivity contribution is 5.85. The zero-order valence-corrected chi connectivity index (χ0v) is 11.8. The zero-order valence-electron chi connectivity index (χ0n) is 11.0. The van der Waals surface area contributed by atoms with Crippen molar-refractivity contribution >= 4 is 18.3 Å². The quantitative estimate of drug-likeness (QED) is 0.604. The molecule has 3 N–H and O–H groups in total. The molecule has 6 heteroatoms. The minimum absolute atomic E-state index is 0. The van der Waals surface area contributed by atoms with Crippen LogP contribution in [0.4, 0.5) is 0 Å². The summed E-state index contributed by atoms with van der Waals surface area (Å²) in [7, 11) is 0. The molecule has 18 heavy (non-hydrogen) atoms. The Labute approximate surface area is 115 Å². The zero-order chi connectivity index (χ0) is 12.5. The van der Waals surface area contributed by atoms with Crippen LogP contribution in [0.5, 0.6) is 0 Å². The lowest BCUT2D eigenvalue weighted by Gasteiger charge is -2.12. The molecule has 0 saturated carbocycles. The molecular formula is C12H25ClN2O3. The normalized spacial score (nSPS) is 20.2. The third-order valence-electron chi connectivity index (χ3n) is 2.84. The predicted octanol–water partition coefficient (Wildman–Crippen LogP) is 0.454. The van der Waals surface area contributed by atoms with Crippen LogP contribution in [-0.4, -0.2) is 49.5 Å². The van der Waals surface area contributed by atoms with Gasteiger partial charge in [-0.15, -0.1) is 12.4 Å². The van der Waals surface area contributed by atoms with Gasteiger partial charge >= 0.3 is 0 Å². The van der Waals surface area contributed by atoms with E-state index in [0.717, 1.165) is 38.8 Å². The molecule has 1 amide bonds. The fraction of sp³-hybridized carbons (Fsp3) is 0.917. The van der Waals surface area contributed by atoms with Gasteiger partial charge in [0.2, 0.25) is 5.91 Å². The Morgan fingerprint density at radius 2 is 2.33 bits per heavy atom. The maximum Gasteiger partial charge on any atom is 0.234 e. The molecule has 1 aliphatic heterocycles. The molecule has 0 aliphatic carbocycles. The van der Waals surface area contributed by atoms with E-state index in [-0.39, 0.29) is 24.4 Å². The Morgan fingerprint density at radius 3 is 2.94 bits per heavy atom. The summed E-state index contributed by atoms with van der Waals surface area (Å²) in [5.74, 6) is -0.0712. The molecule has 108 valence electrons. The fourth-order valence-corrected chi connectivity index (χ4v) is 1.88. The first-order valence-electron chi connectivity index (χ1n) is 6.49. The average Bonchev–Trinajstić information content (AvgIpc) is 2.80. The maximum atomic E-state index is 11.4. The lowest BCUT2D eigenvalue weighted by molar-refractivity contribution is -0.120. The van der Waals surface area contributed by atoms with Gasteiger partial charge in [-0.2, -0.15) is 0 Å². The van der Waals surface area contributed by atoms with Gasteiger partial charge in [-0.1, -0.05) is 13.3 Å². The molecular weight excluding hydrogens is 256 g/mol. The summed E-state index contributed by atoms with van der Waals surface area (Å²) in [5.41, 5.74) is 0. The van der Waals surface area contributed by atoms with Gasteiger partial charge in [0.15, 0.2) is 0 Å². The SMILES string of the molecule is CCCC(O)CNC(=O)CNCC1CCCO1.Cl. The highest BCUT2D eigenvalue weighted by Crippen LogP contribution is 2.10. The van der Waals surface area contributed by atoms with E-state index in [9.17, 15) is 9.90 Å². The van der Waals surface area contributed by atoms with Crippen LogP contribution in [0.15, 0.2) is 0 Å². The van der Waals surface area contributed by atoms with E-state index in [1.165, 1.54) is 0 Å². The van der Waals surface area contributed by atoms with E-state index in [4.69, 9.17) is 4.74 Å². The number of halogens is 1. The second-order valence-corrected chi connectivity index (χ2v) is 4.51. The molecule has 5 nitrogen and oxygen atoms in total. The van der Waals surface area contributed by atoms with Gasteiger partial charge in [0.25, 0.3) is 0 Å². The van der Waals surface area contributed by atoms with E-state index in [1.807, 2.05) is 6.92 Å². The number of hydrogen-bond acceptors (Lipinski definition) is 4. The molecule has 0 radical (unpaired) electrons. The van der Waals surface area contributed by atoms with Crippen LogP contribution in [0.25, 0.3) is 0 Å². The first-order chi connectivity index (χ1) is 8.22. The van der Waals surface area contributed by atoms with Crippen LogP contribution in [0.3, 0.4) is 0 Å². The molecule has 0 aromatic heterocycles. The van der Waals surface area contributed by atoms with E-state index in [1.54, 1.807) is 0 Å². The van der Waals surface area contributed by atoms with Crippen molar-refractivity contribution in [3.05, 3.63) is 0 Å². The molecule has 1 heterocycles. The van der Waals surface area contributed by atoms with Gasteiger partial charge in [-0.3, -0.25) is 4.79 Å². The standard InChI is InChI=1S/C12H24N2O3.ClH/c1-2-4-10(15)7-14-12(16)9-13-8-11-5-3-6-17-11;/h10-11,13,15H,2-9H2,1H3,(H,14,16);1H. The summed E-state index contributed by atoms with van der Waals surface area (Å²) >= 11 is 0. The number of amides is 1. The van der Waals surface area contributed by atoms with E-state index in [2.05, 4.69) is 10.6 Å². The second kappa shape index (κ2) is 10.6. The van der Waals surface area contributed by atoms with Crippen molar-refractivity contribution in [2.75, 3.05) is 26.2 Å². The average molecular weight is 281 g/mol. The van der Waals surface area contributed by atoms with Crippen molar-refractivity contribution in [2.45, 2.75) is 44.8 Å². The van der Waals surface area contributed by atoms with Crippen molar-refractivity contribution in [3.63, 3.8) is 0 Å². The molecule has 1 saturated heterocycles. The summed E-state index contributed by atoms with van der Waals surface area (Å²) in [5, 5.41) is 15.2. The number of aliphatic hydroxyl groups excluding tert-OH is 1. The van der Waals surface area contributed by atoms with Crippen LogP contribution >= 0.6 is 12.4 Å². The summed E-state index contributed by atoms with van der Waals surface area (Å²) in [4.78, 5) is 11.4. The summed E-state index contributed by atoms with van der Waals surface area (Å²) in [6.07, 6.45) is 3.67. The highest BCUT2D eigenvalue weighted by atomic mass is 35.5. The van der Waals surface area contributed by atoms with Crippen molar-refractivity contribution < 1.29 is 14.6 Å². The van der Waals surface area contributed by atoms with Crippen molar-refractivity contribution in [1.29, 1.82) is 0 Å². The predicted molar refractivity (Wildman–Crippen MR) is 73.0 cm³/mol. The molecule has 1 rings (SSSR count). The van der Waals surface area contributed by atoms with Crippen molar-refractivity contribution in [1.82, 2.24) is 10.6 Å². The van der Waals surface area contributed by atoms with Gasteiger partial charge in [0, 0.05) is 19.7 Å². The number of hydrogen-bond donors (Lipinski definition) is 3. The molecule has 0 aromatic carbocycles. The number of ether oxygens (including phenoxy) is 1. The van der Waals surface area contributed by atoms with E-state index >= 15 is 0 Å². The Morgan fingerprint density at radius 1 is 1.56 bits per heavy atom. The highest BCUT2D eigenvalue weighted by Gasteiger charge is 2.15. The molecule has 2 atom stereocenters. The van der Waals surface area contributed by atoms with Gasteiger partial charge in [-0.25, -0.2) is 0 Å². The number of nitrogens with one attached hydrogen (secondary N) is 2. The Bertz CT molecular complexity index is 223. The molecule has 0 aromatic rings. The van der Waals surface area contributed by atoms with Crippen molar-refractivity contribution in [2.24, 2.45) is 0 Å². The molecule has 0 bridgehead atoms. The minimum atomic E-state index is -0.429. The van der Waals surface area contributed by atoms with Crippen LogP contribution in [-0.2, 0) is 9.53 Å². The maximum absolute atomic E-state index is 11.4. The number of rotatable bonds is 8. The molecule has 1 aliphatic rings. The first-order valence-corrected chi connectivity index (χ1v) is 6.49. The van der Waals surface area contributed by atoms with Crippen molar-refractivity contribution in [3.8, 4) is 0 Å². The summed E-state index contributed by atoms with van der Waals surface area (Å²) in [6.45, 7) is 4.20. The number of carbonyl (C=O) groups is 1. The monoisotopic (exact) mass is 280 g/mol. The van der Waals surface area contributed by atoms with Crippen LogP contribution in [0, 0.1) is 0 Å². The molecule has 0 spiro atoms. The first kappa shape index (κ1) is 17.6. The van der Waals surface area contributed by atoms with Crippen LogP contribution < -0.4 is 10.6 Å². The molecule has 1 fully saturated rings. The summed E-state index contributed by atoms with van der Waals surface area (Å²) < 4.78 is 5.43. The minimum Gasteiger partial charge on any atom is -0.391 e. The third kappa shape index (κ3) is 7.87. The largest absolute Gasteiger partial charge is 0.391 e. The topological polar surface area (TPSA) is 70.6 Å². The van der Waals surface area contributed by atoms with Crippen LogP contribution in [0.2, 0.25) is 0 Å². The fourth-order valence-electron chi connectivity index (χ4n) is 1.88. The Balaban J connectivity index is 0.00000289. The summed E-state index contributed by atoms with van der Waals surface area (Å²) in [6, 6.07) is 0. The Kier molecular flexibility index (Phi) is 10.3.